The second-order valence-electron chi connectivity index (χ2n) is 5.64. The first kappa shape index (κ1) is 14.4. The van der Waals surface area contributed by atoms with Crippen molar-refractivity contribution < 1.29 is 9.59 Å². The number of likely N-dealkylation sites (tertiary alicyclic amines) is 1. The van der Waals surface area contributed by atoms with Gasteiger partial charge in [-0.2, -0.15) is 0 Å². The number of amides is 2. The van der Waals surface area contributed by atoms with E-state index in [1.165, 1.54) is 11.3 Å². The maximum Gasteiger partial charge on any atom is 0.230 e. The molecule has 2 fully saturated rings. The lowest BCUT2D eigenvalue weighted by Crippen LogP contribution is -2.62. The summed E-state index contributed by atoms with van der Waals surface area (Å²) in [6, 6.07) is 0. The average molecular weight is 282 g/mol. The van der Waals surface area contributed by atoms with Crippen molar-refractivity contribution in [3.8, 4) is 0 Å². The molecule has 1 aliphatic carbocycles. The van der Waals surface area contributed by atoms with E-state index in [1.54, 1.807) is 0 Å². The van der Waals surface area contributed by atoms with Crippen molar-refractivity contribution in [1.29, 1.82) is 0 Å². The van der Waals surface area contributed by atoms with Crippen LogP contribution in [0.1, 0.15) is 64.2 Å². The lowest BCUT2D eigenvalue weighted by atomic mass is 9.81. The van der Waals surface area contributed by atoms with E-state index in [2.05, 4.69) is 0 Å². The Kier molecular flexibility index (Phi) is 4.55. The molecular formula is C14H22N2O2S. The van der Waals surface area contributed by atoms with E-state index < -0.39 is 5.54 Å². The minimum atomic E-state index is -0.690. The highest BCUT2D eigenvalue weighted by molar-refractivity contribution is 7.80. The lowest BCUT2D eigenvalue weighted by Gasteiger charge is -2.44. The fourth-order valence-electron chi connectivity index (χ4n) is 3.30. The van der Waals surface area contributed by atoms with Crippen LogP contribution < -0.4 is 5.73 Å². The van der Waals surface area contributed by atoms with Gasteiger partial charge in [0.15, 0.2) is 0 Å². The van der Waals surface area contributed by atoms with Crippen molar-refractivity contribution in [3.05, 3.63) is 0 Å². The molecular weight excluding hydrogens is 260 g/mol. The molecule has 0 aromatic carbocycles. The number of rotatable bonds is 2. The van der Waals surface area contributed by atoms with Gasteiger partial charge in [-0.05, 0) is 19.3 Å². The van der Waals surface area contributed by atoms with E-state index >= 15 is 0 Å². The first-order valence-corrected chi connectivity index (χ1v) is 7.64. The van der Waals surface area contributed by atoms with Gasteiger partial charge in [-0.15, -0.1) is 0 Å². The van der Waals surface area contributed by atoms with Gasteiger partial charge in [0.25, 0.3) is 0 Å². The van der Waals surface area contributed by atoms with Crippen molar-refractivity contribution in [2.75, 3.05) is 0 Å². The zero-order valence-corrected chi connectivity index (χ0v) is 12.1. The molecule has 1 saturated heterocycles. The summed E-state index contributed by atoms with van der Waals surface area (Å²) in [6.45, 7) is 0. The van der Waals surface area contributed by atoms with Crippen molar-refractivity contribution in [3.63, 3.8) is 0 Å². The molecule has 2 rings (SSSR count). The van der Waals surface area contributed by atoms with Crippen LogP contribution in [0.3, 0.4) is 0 Å². The van der Waals surface area contributed by atoms with E-state index in [4.69, 9.17) is 18.0 Å². The van der Waals surface area contributed by atoms with Crippen LogP contribution in [0.15, 0.2) is 0 Å². The summed E-state index contributed by atoms with van der Waals surface area (Å²) >= 11 is 5.25. The molecule has 0 unspecified atom stereocenters. The Balaban J connectivity index is 2.32. The molecule has 2 amide bonds. The Morgan fingerprint density at radius 2 is 1.42 bits per heavy atom. The fraction of sp³-hybridized carbons (Fsp3) is 0.786. The molecule has 19 heavy (non-hydrogen) atoms. The Hall–Kier alpha value is -0.970. The third-order valence-electron chi connectivity index (χ3n) is 4.35. The van der Waals surface area contributed by atoms with Crippen LogP contribution in [0.25, 0.3) is 0 Å². The number of nitrogens with two attached hydrogens (primary N) is 1. The highest BCUT2D eigenvalue weighted by atomic mass is 32.1. The molecule has 5 heteroatoms. The van der Waals surface area contributed by atoms with E-state index in [-0.39, 0.29) is 11.8 Å². The van der Waals surface area contributed by atoms with Crippen LogP contribution in [0.5, 0.6) is 0 Å². The SMILES string of the molecule is NC(=S)C1(N2C(=O)CCCC2=O)CCCCCCC1. The van der Waals surface area contributed by atoms with Crippen LogP contribution >= 0.6 is 12.2 Å². The van der Waals surface area contributed by atoms with Crippen molar-refractivity contribution in [1.82, 2.24) is 4.90 Å². The number of hydrogen-bond acceptors (Lipinski definition) is 3. The number of carbonyl (C=O) groups excluding carboxylic acids is 2. The van der Waals surface area contributed by atoms with Gasteiger partial charge in [-0.1, -0.05) is 44.3 Å². The van der Waals surface area contributed by atoms with Crippen LogP contribution in [0.4, 0.5) is 0 Å². The molecule has 2 N–H and O–H groups in total. The monoisotopic (exact) mass is 282 g/mol. The predicted molar refractivity (Wildman–Crippen MR) is 77.5 cm³/mol. The van der Waals surface area contributed by atoms with E-state index in [9.17, 15) is 9.59 Å². The quantitative estimate of drug-likeness (QED) is 0.623. The van der Waals surface area contributed by atoms with Gasteiger partial charge in [-0.3, -0.25) is 14.5 Å². The second kappa shape index (κ2) is 5.99. The van der Waals surface area contributed by atoms with Gasteiger partial charge >= 0.3 is 0 Å². The third kappa shape index (κ3) is 2.81. The van der Waals surface area contributed by atoms with Crippen LogP contribution in [0, 0.1) is 0 Å². The summed E-state index contributed by atoms with van der Waals surface area (Å²) in [5, 5.41) is 0. The van der Waals surface area contributed by atoms with E-state index in [0.29, 0.717) is 24.3 Å². The second-order valence-corrected chi connectivity index (χ2v) is 6.08. The molecule has 4 nitrogen and oxygen atoms in total. The standard InChI is InChI=1S/C14H22N2O2S/c15-13(19)14(9-4-2-1-3-5-10-14)16-11(17)7-6-8-12(16)18/h1-10H2,(H2,15,19). The summed E-state index contributed by atoms with van der Waals surface area (Å²) in [5.74, 6) is -0.186. The highest BCUT2D eigenvalue weighted by Crippen LogP contribution is 2.35. The summed E-state index contributed by atoms with van der Waals surface area (Å²) in [7, 11) is 0. The van der Waals surface area contributed by atoms with Gasteiger partial charge in [0.2, 0.25) is 11.8 Å². The van der Waals surface area contributed by atoms with Gasteiger partial charge in [0.1, 0.15) is 5.54 Å². The summed E-state index contributed by atoms with van der Waals surface area (Å²) in [5.41, 5.74) is 5.27. The van der Waals surface area contributed by atoms with Crippen molar-refractivity contribution in [2.24, 2.45) is 5.73 Å². The largest absolute Gasteiger partial charge is 0.391 e. The molecule has 2 aliphatic rings. The topological polar surface area (TPSA) is 63.4 Å². The number of piperidine rings is 1. The van der Waals surface area contributed by atoms with Crippen LogP contribution in [0.2, 0.25) is 0 Å². The smallest absolute Gasteiger partial charge is 0.230 e. The molecule has 0 radical (unpaired) electrons. The Morgan fingerprint density at radius 1 is 0.947 bits per heavy atom. The van der Waals surface area contributed by atoms with Crippen LogP contribution in [-0.2, 0) is 9.59 Å². The molecule has 1 heterocycles. The average Bonchev–Trinajstić information content (AvgIpc) is 2.31. The zero-order chi connectivity index (χ0) is 13.9. The molecule has 1 saturated carbocycles. The molecule has 0 aromatic heterocycles. The van der Waals surface area contributed by atoms with Gasteiger partial charge in [-0.25, -0.2) is 0 Å². The minimum absolute atomic E-state index is 0.0929. The Labute approximate surface area is 119 Å². The number of thiocarbonyl (C=S) groups is 1. The van der Waals surface area contributed by atoms with Crippen molar-refractivity contribution in [2.45, 2.75) is 69.7 Å². The van der Waals surface area contributed by atoms with Crippen molar-refractivity contribution >= 4 is 29.0 Å². The van der Waals surface area contributed by atoms with Gasteiger partial charge in [0.05, 0.1) is 4.99 Å². The number of imide groups is 1. The maximum atomic E-state index is 12.2. The van der Waals surface area contributed by atoms with E-state index in [1.807, 2.05) is 0 Å². The van der Waals surface area contributed by atoms with Crippen LogP contribution in [-0.4, -0.2) is 27.2 Å². The first-order chi connectivity index (χ1) is 9.08. The van der Waals surface area contributed by atoms with Gasteiger partial charge in [0, 0.05) is 12.8 Å². The fourth-order valence-corrected chi connectivity index (χ4v) is 3.60. The maximum absolute atomic E-state index is 12.2. The first-order valence-electron chi connectivity index (χ1n) is 7.24. The predicted octanol–water partition coefficient (Wildman–Crippen LogP) is 2.29. The van der Waals surface area contributed by atoms with Gasteiger partial charge < -0.3 is 5.73 Å². The lowest BCUT2D eigenvalue weighted by molar-refractivity contribution is -0.153. The normalized spacial score (nSPS) is 24.7. The zero-order valence-electron chi connectivity index (χ0n) is 11.3. The molecule has 1 aliphatic heterocycles. The molecule has 0 spiro atoms. The Bertz CT molecular complexity index is 371. The summed E-state index contributed by atoms with van der Waals surface area (Å²) in [4.78, 5) is 26.1. The minimum Gasteiger partial charge on any atom is -0.391 e. The molecule has 0 aromatic rings. The molecule has 0 bridgehead atoms. The molecule has 106 valence electrons. The molecule has 0 atom stereocenters. The number of hydrogen-bond donors (Lipinski definition) is 1. The number of carbonyl (C=O) groups is 2. The van der Waals surface area contributed by atoms with E-state index in [0.717, 1.165) is 38.5 Å². The summed E-state index contributed by atoms with van der Waals surface area (Å²) < 4.78 is 0. The summed E-state index contributed by atoms with van der Waals surface area (Å²) in [6.07, 6.45) is 8.44. The third-order valence-corrected chi connectivity index (χ3v) is 4.73. The number of nitrogens with zero attached hydrogens (tertiary/aromatic N) is 1. The highest BCUT2D eigenvalue weighted by Gasteiger charge is 2.46. The Morgan fingerprint density at radius 3 is 1.89 bits per heavy atom.